The van der Waals surface area contributed by atoms with Gasteiger partial charge in [-0.2, -0.15) is 0 Å². The maximum atomic E-state index is 12.2. The molecule has 1 aromatic rings. The molecule has 17 heavy (non-hydrogen) atoms. The first-order chi connectivity index (χ1) is 8.17. The van der Waals surface area contributed by atoms with Crippen LogP contribution < -0.4 is 10.6 Å². The van der Waals surface area contributed by atoms with Crippen molar-refractivity contribution < 1.29 is 4.79 Å². The molecular weight excluding hydrogens is 232 g/mol. The van der Waals surface area contributed by atoms with E-state index in [0.29, 0.717) is 12.2 Å². The standard InChI is InChI=1S/C13H14N2OS/c1-3-7-15-10-6-5-9(14)8-12(10)17-11(4-2)13(15)16/h1,5-6,8,11H,4,7,14H2,2H3. The van der Waals surface area contributed by atoms with Gasteiger partial charge in [0.15, 0.2) is 0 Å². The Bertz CT molecular complexity index is 493. The van der Waals surface area contributed by atoms with Crippen molar-refractivity contribution in [2.45, 2.75) is 23.5 Å². The average Bonchev–Trinajstić information content (AvgIpc) is 2.32. The zero-order chi connectivity index (χ0) is 12.4. The molecule has 1 aliphatic heterocycles. The molecule has 4 heteroatoms. The molecule has 0 aliphatic carbocycles. The number of fused-ring (bicyclic) bond motifs is 1. The van der Waals surface area contributed by atoms with Crippen LogP contribution in [0.5, 0.6) is 0 Å². The predicted molar refractivity (Wildman–Crippen MR) is 72.0 cm³/mol. The number of nitrogen functional groups attached to an aromatic ring is 1. The van der Waals surface area contributed by atoms with Crippen LogP contribution >= 0.6 is 11.8 Å². The number of terminal acetylenes is 1. The van der Waals surface area contributed by atoms with Gasteiger partial charge in [0.05, 0.1) is 17.5 Å². The predicted octanol–water partition coefficient (Wildman–Crippen LogP) is 2.12. The van der Waals surface area contributed by atoms with Crippen molar-refractivity contribution in [3.8, 4) is 12.3 Å². The fraction of sp³-hybridized carbons (Fsp3) is 0.308. The monoisotopic (exact) mass is 246 g/mol. The number of nitrogens with two attached hydrogens (primary N) is 1. The van der Waals surface area contributed by atoms with E-state index in [4.69, 9.17) is 12.2 Å². The number of thioether (sulfide) groups is 1. The molecule has 0 fully saturated rings. The first-order valence-electron chi connectivity index (χ1n) is 5.48. The number of hydrogen-bond acceptors (Lipinski definition) is 3. The van der Waals surface area contributed by atoms with Gasteiger partial charge in [0, 0.05) is 10.6 Å². The molecule has 1 atom stereocenters. The highest BCUT2D eigenvalue weighted by Crippen LogP contribution is 2.41. The molecule has 0 spiro atoms. The van der Waals surface area contributed by atoms with E-state index < -0.39 is 0 Å². The van der Waals surface area contributed by atoms with E-state index in [0.717, 1.165) is 17.0 Å². The van der Waals surface area contributed by atoms with Crippen LogP contribution in [0.15, 0.2) is 23.1 Å². The molecule has 2 N–H and O–H groups in total. The van der Waals surface area contributed by atoms with Crippen molar-refractivity contribution in [1.82, 2.24) is 0 Å². The second kappa shape index (κ2) is 4.72. The molecule has 1 unspecified atom stereocenters. The van der Waals surface area contributed by atoms with E-state index in [9.17, 15) is 4.79 Å². The highest BCUT2D eigenvalue weighted by atomic mass is 32.2. The second-order valence-electron chi connectivity index (χ2n) is 3.87. The van der Waals surface area contributed by atoms with Crippen LogP contribution in [0.2, 0.25) is 0 Å². The summed E-state index contributed by atoms with van der Waals surface area (Å²) >= 11 is 1.57. The van der Waals surface area contributed by atoms with Crippen LogP contribution in [0.4, 0.5) is 11.4 Å². The number of carbonyl (C=O) groups is 1. The van der Waals surface area contributed by atoms with E-state index in [1.165, 1.54) is 0 Å². The largest absolute Gasteiger partial charge is 0.399 e. The molecule has 0 bridgehead atoms. The number of hydrogen-bond donors (Lipinski definition) is 1. The lowest BCUT2D eigenvalue weighted by Gasteiger charge is -2.32. The summed E-state index contributed by atoms with van der Waals surface area (Å²) in [5, 5.41) is -0.0577. The van der Waals surface area contributed by atoms with E-state index >= 15 is 0 Å². The summed E-state index contributed by atoms with van der Waals surface area (Å²) < 4.78 is 0. The zero-order valence-electron chi connectivity index (χ0n) is 9.64. The van der Waals surface area contributed by atoms with E-state index in [1.807, 2.05) is 19.1 Å². The molecule has 2 rings (SSSR count). The van der Waals surface area contributed by atoms with Crippen molar-refractivity contribution in [1.29, 1.82) is 0 Å². The Morgan fingerprint density at radius 1 is 1.59 bits per heavy atom. The summed E-state index contributed by atoms with van der Waals surface area (Å²) in [6.45, 7) is 2.31. The van der Waals surface area contributed by atoms with Crippen LogP contribution in [0.3, 0.4) is 0 Å². The SMILES string of the molecule is C#CCN1C(=O)C(CC)Sc2cc(N)ccc21. The van der Waals surface area contributed by atoms with Gasteiger partial charge in [0.1, 0.15) is 0 Å². The fourth-order valence-corrected chi connectivity index (χ4v) is 3.06. The van der Waals surface area contributed by atoms with Crippen LogP contribution in [-0.2, 0) is 4.79 Å². The van der Waals surface area contributed by atoms with Gasteiger partial charge in [-0.3, -0.25) is 9.69 Å². The molecule has 88 valence electrons. The molecule has 1 aliphatic rings. The highest BCUT2D eigenvalue weighted by Gasteiger charge is 2.31. The Morgan fingerprint density at radius 2 is 2.35 bits per heavy atom. The second-order valence-corrected chi connectivity index (χ2v) is 5.11. The van der Waals surface area contributed by atoms with Gasteiger partial charge in [-0.15, -0.1) is 18.2 Å². The van der Waals surface area contributed by atoms with Crippen molar-refractivity contribution >= 4 is 29.0 Å². The summed E-state index contributed by atoms with van der Waals surface area (Å²) in [5.74, 6) is 2.62. The lowest BCUT2D eigenvalue weighted by Crippen LogP contribution is -2.41. The van der Waals surface area contributed by atoms with Gasteiger partial charge in [-0.25, -0.2) is 0 Å². The van der Waals surface area contributed by atoms with Crippen molar-refractivity contribution in [3.05, 3.63) is 18.2 Å². The molecular formula is C13H14N2OS. The van der Waals surface area contributed by atoms with Gasteiger partial charge in [-0.05, 0) is 24.6 Å². The Labute approximate surface area is 105 Å². The van der Waals surface area contributed by atoms with Crippen LogP contribution in [0.25, 0.3) is 0 Å². The summed E-state index contributed by atoms with van der Waals surface area (Å²) in [7, 11) is 0. The topological polar surface area (TPSA) is 46.3 Å². The molecule has 3 nitrogen and oxygen atoms in total. The number of carbonyl (C=O) groups excluding carboxylic acids is 1. The first-order valence-corrected chi connectivity index (χ1v) is 6.36. The van der Waals surface area contributed by atoms with Crippen LogP contribution in [-0.4, -0.2) is 17.7 Å². The maximum Gasteiger partial charge on any atom is 0.241 e. The highest BCUT2D eigenvalue weighted by molar-refractivity contribution is 8.01. The van der Waals surface area contributed by atoms with Gasteiger partial charge in [0.2, 0.25) is 5.91 Å². The van der Waals surface area contributed by atoms with Gasteiger partial charge >= 0.3 is 0 Å². The molecule has 1 heterocycles. The molecule has 0 saturated carbocycles. The number of nitrogens with zero attached hydrogens (tertiary/aromatic N) is 1. The van der Waals surface area contributed by atoms with E-state index in [1.54, 1.807) is 22.7 Å². The summed E-state index contributed by atoms with van der Waals surface area (Å²) in [6, 6.07) is 5.56. The molecule has 0 saturated heterocycles. The van der Waals surface area contributed by atoms with Crippen LogP contribution in [0, 0.1) is 12.3 Å². The Hall–Kier alpha value is -1.60. The van der Waals surface area contributed by atoms with Gasteiger partial charge in [0.25, 0.3) is 0 Å². The lowest BCUT2D eigenvalue weighted by atomic mass is 10.2. The third-order valence-electron chi connectivity index (χ3n) is 2.71. The number of benzene rings is 1. The summed E-state index contributed by atoms with van der Waals surface area (Å²) in [6.07, 6.45) is 6.11. The molecule has 0 radical (unpaired) electrons. The quantitative estimate of drug-likeness (QED) is 0.642. The average molecular weight is 246 g/mol. The lowest BCUT2D eigenvalue weighted by molar-refractivity contribution is -0.118. The smallest absolute Gasteiger partial charge is 0.241 e. The van der Waals surface area contributed by atoms with Crippen molar-refractivity contribution in [2.24, 2.45) is 0 Å². The number of amides is 1. The minimum absolute atomic E-state index is 0.0577. The molecule has 0 aromatic heterocycles. The normalized spacial score (nSPS) is 18.7. The van der Waals surface area contributed by atoms with E-state index in [2.05, 4.69) is 5.92 Å². The van der Waals surface area contributed by atoms with Gasteiger partial charge < -0.3 is 5.73 Å². The van der Waals surface area contributed by atoms with Crippen LogP contribution in [0.1, 0.15) is 13.3 Å². The minimum Gasteiger partial charge on any atom is -0.399 e. The fourth-order valence-electron chi connectivity index (χ4n) is 1.86. The summed E-state index contributed by atoms with van der Waals surface area (Å²) in [5.41, 5.74) is 7.35. The van der Waals surface area contributed by atoms with Crippen molar-refractivity contribution in [2.75, 3.05) is 17.2 Å². The minimum atomic E-state index is -0.0577. The third-order valence-corrected chi connectivity index (χ3v) is 4.11. The summed E-state index contributed by atoms with van der Waals surface area (Å²) in [4.78, 5) is 14.9. The number of rotatable bonds is 2. The zero-order valence-corrected chi connectivity index (χ0v) is 10.5. The van der Waals surface area contributed by atoms with Gasteiger partial charge in [-0.1, -0.05) is 12.8 Å². The Kier molecular flexibility index (Phi) is 3.30. The maximum absolute atomic E-state index is 12.2. The molecule has 1 aromatic carbocycles. The van der Waals surface area contributed by atoms with E-state index in [-0.39, 0.29) is 11.2 Å². The molecule has 1 amide bonds. The number of anilines is 2. The Morgan fingerprint density at radius 3 is 3.00 bits per heavy atom. The van der Waals surface area contributed by atoms with Crippen molar-refractivity contribution in [3.63, 3.8) is 0 Å². The third kappa shape index (κ3) is 2.11. The first kappa shape index (κ1) is 11.9. The Balaban J connectivity index is 2.46.